The fourth-order valence-electron chi connectivity index (χ4n) is 6.70. The van der Waals surface area contributed by atoms with E-state index in [1.165, 1.54) is 57.8 Å². The Morgan fingerprint density at radius 2 is 1.46 bits per heavy atom. The average molecular weight is 332 g/mol. The van der Waals surface area contributed by atoms with E-state index >= 15 is 0 Å². The summed E-state index contributed by atoms with van der Waals surface area (Å²) in [6, 6.07) is 0. The van der Waals surface area contributed by atoms with Crippen LogP contribution in [0.25, 0.3) is 0 Å². The fourth-order valence-corrected chi connectivity index (χ4v) is 6.70. The molecule has 4 bridgehead atoms. The van der Waals surface area contributed by atoms with Crippen molar-refractivity contribution >= 4 is 11.8 Å². The lowest BCUT2D eigenvalue weighted by atomic mass is 9.50. The molecule has 5 aliphatic carbocycles. The van der Waals surface area contributed by atoms with E-state index in [1.54, 1.807) is 0 Å². The highest BCUT2D eigenvalue weighted by Gasteiger charge is 2.51. The number of carbonyl (C=O) groups excluding carboxylic acids is 2. The van der Waals surface area contributed by atoms with Crippen LogP contribution in [0.4, 0.5) is 0 Å². The van der Waals surface area contributed by atoms with Gasteiger partial charge in [0.05, 0.1) is 6.61 Å². The largest absolute Gasteiger partial charge is 0.465 e. The Morgan fingerprint density at radius 1 is 0.875 bits per heavy atom. The number of ketones is 1. The second-order valence-electron chi connectivity index (χ2n) is 9.50. The summed E-state index contributed by atoms with van der Waals surface area (Å²) in [5.74, 6) is 2.97. The van der Waals surface area contributed by atoms with Gasteiger partial charge in [-0.1, -0.05) is 32.1 Å². The summed E-state index contributed by atoms with van der Waals surface area (Å²) in [4.78, 5) is 24.3. The summed E-state index contributed by atoms with van der Waals surface area (Å²) in [5, 5.41) is 0. The molecule has 0 aromatic heterocycles. The van der Waals surface area contributed by atoms with E-state index in [4.69, 9.17) is 4.74 Å². The second kappa shape index (κ2) is 6.80. The van der Waals surface area contributed by atoms with Crippen LogP contribution in [0.2, 0.25) is 0 Å². The van der Waals surface area contributed by atoms with Crippen molar-refractivity contribution in [3.63, 3.8) is 0 Å². The first kappa shape index (κ1) is 16.6. The molecule has 0 amide bonds. The molecule has 5 fully saturated rings. The molecule has 0 aromatic rings. The zero-order chi connectivity index (χ0) is 16.6. The Hall–Kier alpha value is -0.860. The number of Topliss-reactive ketones (excluding diaryl/α,β-unsaturated/α-hetero) is 1. The predicted molar refractivity (Wildman–Crippen MR) is 92.4 cm³/mol. The molecular weight excluding hydrogens is 300 g/mol. The van der Waals surface area contributed by atoms with Crippen LogP contribution in [0.3, 0.4) is 0 Å². The van der Waals surface area contributed by atoms with Gasteiger partial charge in [0, 0.05) is 11.8 Å². The van der Waals surface area contributed by atoms with Crippen LogP contribution in [-0.4, -0.2) is 18.4 Å². The first-order valence-electron chi connectivity index (χ1n) is 10.3. The van der Waals surface area contributed by atoms with Crippen molar-refractivity contribution in [1.82, 2.24) is 0 Å². The molecule has 0 atom stereocenters. The molecule has 5 rings (SSSR count). The first-order chi connectivity index (χ1) is 11.6. The molecule has 24 heavy (non-hydrogen) atoms. The normalized spacial score (nSPS) is 38.2. The molecule has 3 heteroatoms. The number of rotatable bonds is 6. The standard InChI is InChI=1S/C21H32O3/c22-19(9-15-4-2-1-3-5-15)10-20(23)24-14-21-11-16-6-17(12-21)8-18(7-16)13-21/h15-18H,1-14H2. The topological polar surface area (TPSA) is 43.4 Å². The molecule has 5 saturated carbocycles. The van der Waals surface area contributed by atoms with Crippen LogP contribution in [0.1, 0.15) is 83.5 Å². The van der Waals surface area contributed by atoms with Crippen LogP contribution >= 0.6 is 0 Å². The molecule has 134 valence electrons. The lowest BCUT2D eigenvalue weighted by Crippen LogP contribution is -2.48. The molecule has 0 saturated heterocycles. The third-order valence-electron chi connectivity index (χ3n) is 7.29. The van der Waals surface area contributed by atoms with Crippen molar-refractivity contribution in [3.05, 3.63) is 0 Å². The maximum Gasteiger partial charge on any atom is 0.313 e. The summed E-state index contributed by atoms with van der Waals surface area (Å²) in [7, 11) is 0. The van der Waals surface area contributed by atoms with Crippen LogP contribution in [0.5, 0.6) is 0 Å². The number of esters is 1. The minimum atomic E-state index is -0.272. The van der Waals surface area contributed by atoms with Gasteiger partial charge in [-0.15, -0.1) is 0 Å². The Labute approximate surface area is 145 Å². The molecule has 3 nitrogen and oxygen atoms in total. The summed E-state index contributed by atoms with van der Waals surface area (Å²) in [6.45, 7) is 0.575. The Kier molecular flexibility index (Phi) is 4.70. The van der Waals surface area contributed by atoms with Gasteiger partial charge < -0.3 is 4.74 Å². The van der Waals surface area contributed by atoms with Crippen molar-refractivity contribution in [2.75, 3.05) is 6.61 Å². The molecule has 5 aliphatic rings. The van der Waals surface area contributed by atoms with Gasteiger partial charge in [-0.3, -0.25) is 9.59 Å². The number of ether oxygens (including phenoxy) is 1. The molecule has 0 spiro atoms. The van der Waals surface area contributed by atoms with Gasteiger partial charge >= 0.3 is 5.97 Å². The maximum absolute atomic E-state index is 12.1. The van der Waals surface area contributed by atoms with Gasteiger partial charge in [-0.25, -0.2) is 0 Å². The van der Waals surface area contributed by atoms with Crippen LogP contribution in [0.15, 0.2) is 0 Å². The lowest BCUT2D eigenvalue weighted by Gasteiger charge is -2.56. The van der Waals surface area contributed by atoms with Gasteiger partial charge in [0.2, 0.25) is 0 Å². The van der Waals surface area contributed by atoms with Gasteiger partial charge in [-0.2, -0.15) is 0 Å². The van der Waals surface area contributed by atoms with Crippen molar-refractivity contribution in [2.24, 2.45) is 29.1 Å². The Balaban J connectivity index is 1.22. The maximum atomic E-state index is 12.1. The quantitative estimate of drug-likeness (QED) is 0.524. The van der Waals surface area contributed by atoms with Crippen molar-refractivity contribution in [1.29, 1.82) is 0 Å². The van der Waals surface area contributed by atoms with E-state index in [2.05, 4.69) is 0 Å². The average Bonchev–Trinajstić information content (AvgIpc) is 2.53. The number of hydrogen-bond acceptors (Lipinski definition) is 3. The molecule has 0 aromatic carbocycles. The van der Waals surface area contributed by atoms with Crippen LogP contribution in [-0.2, 0) is 14.3 Å². The summed E-state index contributed by atoms with van der Waals surface area (Å²) in [6.07, 6.45) is 14.7. The third-order valence-corrected chi connectivity index (χ3v) is 7.29. The van der Waals surface area contributed by atoms with Gasteiger partial charge in [-0.05, 0) is 62.2 Å². The molecule has 0 radical (unpaired) electrons. The minimum absolute atomic E-state index is 0.00284. The van der Waals surface area contributed by atoms with E-state index in [1.807, 2.05) is 0 Å². The zero-order valence-corrected chi connectivity index (χ0v) is 14.9. The van der Waals surface area contributed by atoms with E-state index in [0.717, 1.165) is 30.6 Å². The van der Waals surface area contributed by atoms with E-state index < -0.39 is 0 Å². The zero-order valence-electron chi connectivity index (χ0n) is 14.9. The second-order valence-corrected chi connectivity index (χ2v) is 9.50. The first-order valence-corrected chi connectivity index (χ1v) is 10.3. The highest BCUT2D eigenvalue weighted by Crippen LogP contribution is 2.60. The molecular formula is C21H32O3. The lowest BCUT2D eigenvalue weighted by molar-refractivity contribution is -0.156. The predicted octanol–water partition coefficient (Wildman–Crippen LogP) is 4.68. The number of carbonyl (C=O) groups is 2. The van der Waals surface area contributed by atoms with Crippen molar-refractivity contribution in [3.8, 4) is 0 Å². The highest BCUT2D eigenvalue weighted by atomic mass is 16.5. The monoisotopic (exact) mass is 332 g/mol. The van der Waals surface area contributed by atoms with Gasteiger partial charge in [0.1, 0.15) is 12.2 Å². The number of hydrogen-bond donors (Lipinski definition) is 0. The smallest absolute Gasteiger partial charge is 0.313 e. The fraction of sp³-hybridized carbons (Fsp3) is 0.905. The van der Waals surface area contributed by atoms with E-state index in [-0.39, 0.29) is 23.6 Å². The summed E-state index contributed by atoms with van der Waals surface area (Å²) >= 11 is 0. The SMILES string of the molecule is O=C(CC(=O)OCC12CC3CC(CC(C3)C1)C2)CC1CCCCC1. The van der Waals surface area contributed by atoms with E-state index in [9.17, 15) is 9.59 Å². The molecule has 0 N–H and O–H groups in total. The van der Waals surface area contributed by atoms with Crippen molar-refractivity contribution < 1.29 is 14.3 Å². The Morgan fingerprint density at radius 3 is 2.04 bits per heavy atom. The van der Waals surface area contributed by atoms with Gasteiger partial charge in [0.15, 0.2) is 0 Å². The Bertz CT molecular complexity index is 454. The molecule has 0 heterocycles. The van der Waals surface area contributed by atoms with Gasteiger partial charge in [0.25, 0.3) is 0 Å². The summed E-state index contributed by atoms with van der Waals surface area (Å²) < 4.78 is 5.63. The third kappa shape index (κ3) is 3.70. The van der Waals surface area contributed by atoms with Crippen molar-refractivity contribution in [2.45, 2.75) is 83.5 Å². The van der Waals surface area contributed by atoms with Crippen LogP contribution in [0, 0.1) is 29.1 Å². The highest BCUT2D eigenvalue weighted by molar-refractivity contribution is 5.95. The summed E-state index contributed by atoms with van der Waals surface area (Å²) in [5.41, 5.74) is 0.261. The van der Waals surface area contributed by atoms with E-state index in [0.29, 0.717) is 18.9 Å². The molecule has 0 aliphatic heterocycles. The minimum Gasteiger partial charge on any atom is -0.465 e. The van der Waals surface area contributed by atoms with Crippen LogP contribution < -0.4 is 0 Å². The molecule has 0 unspecified atom stereocenters.